The van der Waals surface area contributed by atoms with Crippen LogP contribution >= 0.6 is 22.6 Å². The molecule has 0 aliphatic heterocycles. The Hall–Kier alpha value is -1.03. The van der Waals surface area contributed by atoms with Crippen LogP contribution in [0.4, 0.5) is 0 Å². The van der Waals surface area contributed by atoms with Crippen molar-refractivity contribution in [3.63, 3.8) is 0 Å². The zero-order valence-corrected chi connectivity index (χ0v) is 11.5. The average Bonchev–Trinajstić information content (AvgIpc) is 2.30. The summed E-state index contributed by atoms with van der Waals surface area (Å²) < 4.78 is 6.62. The molecule has 0 aliphatic rings. The normalized spacial score (nSPS) is 10.2. The van der Waals surface area contributed by atoms with Crippen LogP contribution in [0.15, 0.2) is 42.5 Å². The van der Waals surface area contributed by atoms with E-state index in [0.717, 1.165) is 11.3 Å². The van der Waals surface area contributed by atoms with Crippen molar-refractivity contribution in [2.24, 2.45) is 0 Å². The predicted molar refractivity (Wildman–Crippen MR) is 75.9 cm³/mol. The highest BCUT2D eigenvalue weighted by Gasteiger charge is 2.07. The van der Waals surface area contributed by atoms with Crippen molar-refractivity contribution in [1.29, 1.82) is 0 Å². The number of hydrogen-bond donors (Lipinski definition) is 0. The van der Waals surface area contributed by atoms with Crippen molar-refractivity contribution in [3.8, 4) is 16.9 Å². The lowest BCUT2D eigenvalue weighted by Gasteiger charge is -2.11. The number of halogens is 1. The highest BCUT2D eigenvalue weighted by molar-refractivity contribution is 14.1. The van der Waals surface area contributed by atoms with Gasteiger partial charge in [0.25, 0.3) is 0 Å². The molecule has 0 radical (unpaired) electrons. The molecule has 0 unspecified atom stereocenters. The van der Waals surface area contributed by atoms with E-state index in [1.165, 1.54) is 14.7 Å². The molecular weight excluding hydrogens is 311 g/mol. The SMILES string of the molecule is COc1cc(I)ccc1-c1ccccc1C. The topological polar surface area (TPSA) is 9.23 Å². The Kier molecular flexibility index (Phi) is 3.49. The van der Waals surface area contributed by atoms with Gasteiger partial charge in [-0.15, -0.1) is 0 Å². The van der Waals surface area contributed by atoms with Gasteiger partial charge in [0, 0.05) is 9.13 Å². The zero-order chi connectivity index (χ0) is 11.5. The van der Waals surface area contributed by atoms with Crippen molar-refractivity contribution in [1.82, 2.24) is 0 Å². The Bertz CT molecular complexity index is 506. The summed E-state index contributed by atoms with van der Waals surface area (Å²) in [7, 11) is 1.72. The quantitative estimate of drug-likeness (QED) is 0.750. The third-order valence-electron chi connectivity index (χ3n) is 2.60. The minimum Gasteiger partial charge on any atom is -0.496 e. The lowest BCUT2D eigenvalue weighted by atomic mass is 10.00. The maximum absolute atomic E-state index is 5.43. The molecule has 0 saturated heterocycles. The molecule has 0 amide bonds. The van der Waals surface area contributed by atoms with Crippen molar-refractivity contribution in [3.05, 3.63) is 51.6 Å². The summed E-state index contributed by atoms with van der Waals surface area (Å²) in [6.07, 6.45) is 0. The molecule has 0 aromatic heterocycles. The van der Waals surface area contributed by atoms with Crippen LogP contribution in [0.2, 0.25) is 0 Å². The maximum Gasteiger partial charge on any atom is 0.127 e. The van der Waals surface area contributed by atoms with Crippen LogP contribution in [-0.2, 0) is 0 Å². The fourth-order valence-corrected chi connectivity index (χ4v) is 2.23. The minimum atomic E-state index is 0.932. The molecule has 0 aliphatic carbocycles. The molecular formula is C14H13IO. The summed E-state index contributed by atoms with van der Waals surface area (Å²) in [4.78, 5) is 0. The number of hydrogen-bond acceptors (Lipinski definition) is 1. The Morgan fingerprint density at radius 2 is 1.75 bits per heavy atom. The van der Waals surface area contributed by atoms with Crippen LogP contribution in [0.5, 0.6) is 5.75 Å². The first-order chi connectivity index (χ1) is 7.72. The molecule has 2 aromatic rings. The molecule has 0 saturated carbocycles. The third-order valence-corrected chi connectivity index (χ3v) is 3.27. The molecule has 2 aromatic carbocycles. The van der Waals surface area contributed by atoms with Gasteiger partial charge in [-0.3, -0.25) is 0 Å². The summed E-state index contributed by atoms with van der Waals surface area (Å²) in [6, 6.07) is 14.6. The van der Waals surface area contributed by atoms with Crippen molar-refractivity contribution in [2.75, 3.05) is 7.11 Å². The van der Waals surface area contributed by atoms with E-state index in [1.807, 2.05) is 0 Å². The second kappa shape index (κ2) is 4.87. The molecule has 0 atom stereocenters. The van der Waals surface area contributed by atoms with Gasteiger partial charge in [-0.05, 0) is 58.8 Å². The van der Waals surface area contributed by atoms with Crippen LogP contribution in [-0.4, -0.2) is 7.11 Å². The summed E-state index contributed by atoms with van der Waals surface area (Å²) in [5, 5.41) is 0. The van der Waals surface area contributed by atoms with Crippen LogP contribution in [0.25, 0.3) is 11.1 Å². The van der Waals surface area contributed by atoms with Crippen molar-refractivity contribution >= 4 is 22.6 Å². The Morgan fingerprint density at radius 1 is 1.00 bits per heavy atom. The largest absolute Gasteiger partial charge is 0.496 e. The first-order valence-corrected chi connectivity index (χ1v) is 6.20. The summed E-state index contributed by atoms with van der Waals surface area (Å²) >= 11 is 2.29. The van der Waals surface area contributed by atoms with Crippen LogP contribution in [0, 0.1) is 10.5 Å². The van der Waals surface area contributed by atoms with E-state index >= 15 is 0 Å². The monoisotopic (exact) mass is 324 g/mol. The molecule has 0 spiro atoms. The molecule has 2 heteroatoms. The van der Waals surface area contributed by atoms with E-state index in [1.54, 1.807) is 7.11 Å². The van der Waals surface area contributed by atoms with Gasteiger partial charge >= 0.3 is 0 Å². The standard InChI is InChI=1S/C14H13IO/c1-10-5-3-4-6-12(10)13-8-7-11(15)9-14(13)16-2/h3-9H,1-2H3. The lowest BCUT2D eigenvalue weighted by molar-refractivity contribution is 0.416. The maximum atomic E-state index is 5.43. The van der Waals surface area contributed by atoms with Gasteiger partial charge in [-0.2, -0.15) is 0 Å². The molecule has 82 valence electrons. The number of rotatable bonds is 2. The van der Waals surface area contributed by atoms with Crippen LogP contribution in [0.3, 0.4) is 0 Å². The van der Waals surface area contributed by atoms with E-state index in [2.05, 4.69) is 72.0 Å². The molecule has 0 heterocycles. The minimum absolute atomic E-state index is 0.932. The molecule has 1 nitrogen and oxygen atoms in total. The second-order valence-corrected chi connectivity index (χ2v) is 4.91. The molecule has 16 heavy (non-hydrogen) atoms. The summed E-state index contributed by atoms with van der Waals surface area (Å²) in [5.74, 6) is 0.932. The predicted octanol–water partition coefficient (Wildman–Crippen LogP) is 4.28. The summed E-state index contributed by atoms with van der Waals surface area (Å²) in [5.41, 5.74) is 3.65. The van der Waals surface area contributed by atoms with Gasteiger partial charge < -0.3 is 4.74 Å². The summed E-state index contributed by atoms with van der Waals surface area (Å²) in [6.45, 7) is 2.12. The fraction of sp³-hybridized carbons (Fsp3) is 0.143. The Morgan fingerprint density at radius 3 is 2.44 bits per heavy atom. The highest BCUT2D eigenvalue weighted by atomic mass is 127. The van der Waals surface area contributed by atoms with E-state index in [0.29, 0.717) is 0 Å². The third kappa shape index (κ3) is 2.21. The smallest absolute Gasteiger partial charge is 0.127 e. The first-order valence-electron chi connectivity index (χ1n) is 5.12. The number of ether oxygens (including phenoxy) is 1. The fourth-order valence-electron chi connectivity index (χ4n) is 1.76. The van der Waals surface area contributed by atoms with Crippen LogP contribution in [0.1, 0.15) is 5.56 Å². The Labute approximate surface area is 110 Å². The van der Waals surface area contributed by atoms with E-state index < -0.39 is 0 Å². The van der Waals surface area contributed by atoms with Gasteiger partial charge in [-0.1, -0.05) is 24.3 Å². The Balaban J connectivity index is 2.60. The molecule has 0 bridgehead atoms. The van der Waals surface area contributed by atoms with Gasteiger partial charge in [0.05, 0.1) is 7.11 Å². The van der Waals surface area contributed by atoms with E-state index in [9.17, 15) is 0 Å². The number of methoxy groups -OCH3 is 1. The number of benzene rings is 2. The molecule has 0 fully saturated rings. The van der Waals surface area contributed by atoms with Crippen molar-refractivity contribution < 1.29 is 4.74 Å². The average molecular weight is 324 g/mol. The van der Waals surface area contributed by atoms with E-state index in [-0.39, 0.29) is 0 Å². The molecule has 2 rings (SSSR count). The second-order valence-electron chi connectivity index (χ2n) is 3.66. The number of aryl methyl sites for hydroxylation is 1. The van der Waals surface area contributed by atoms with Gasteiger partial charge in [-0.25, -0.2) is 0 Å². The van der Waals surface area contributed by atoms with Gasteiger partial charge in [0.1, 0.15) is 5.75 Å². The zero-order valence-electron chi connectivity index (χ0n) is 9.33. The van der Waals surface area contributed by atoms with Crippen LogP contribution < -0.4 is 4.74 Å². The molecule has 0 N–H and O–H groups in total. The lowest BCUT2D eigenvalue weighted by Crippen LogP contribution is -1.90. The van der Waals surface area contributed by atoms with Crippen molar-refractivity contribution in [2.45, 2.75) is 6.92 Å². The van der Waals surface area contributed by atoms with Gasteiger partial charge in [0.2, 0.25) is 0 Å². The first kappa shape index (κ1) is 11.5. The van der Waals surface area contributed by atoms with Gasteiger partial charge in [0.15, 0.2) is 0 Å². The van der Waals surface area contributed by atoms with E-state index in [4.69, 9.17) is 4.74 Å². The highest BCUT2D eigenvalue weighted by Crippen LogP contribution is 2.33.